The number of hydrogen-bond acceptors (Lipinski definition) is 5. The van der Waals surface area contributed by atoms with Crippen LogP contribution in [0.15, 0.2) is 0 Å². The van der Waals surface area contributed by atoms with Crippen LogP contribution in [0, 0.1) is 5.41 Å². The Morgan fingerprint density at radius 3 is 2.09 bits per heavy atom. The molecule has 0 saturated heterocycles. The Morgan fingerprint density at radius 2 is 1.65 bits per heavy atom. The maximum atomic E-state index is 12.1. The number of carbonyl (C=O) groups excluding carboxylic acids is 2. The Bertz CT molecular complexity index is 412. The number of rotatable bonds is 9. The normalized spacial score (nSPS) is 17.0. The topological polar surface area (TPSA) is 72.8 Å². The maximum absolute atomic E-state index is 12.1. The third-order valence-electron chi connectivity index (χ3n) is 3.54. The van der Waals surface area contributed by atoms with Crippen molar-refractivity contribution in [3.05, 3.63) is 0 Å². The molecule has 2 unspecified atom stereocenters. The van der Waals surface area contributed by atoms with Crippen molar-refractivity contribution < 1.29 is 37.3 Å². The third-order valence-corrected chi connectivity index (χ3v) is 3.88. The van der Waals surface area contributed by atoms with Crippen molar-refractivity contribution in [2.45, 2.75) is 51.1 Å². The van der Waals surface area contributed by atoms with Crippen molar-refractivity contribution in [3.63, 3.8) is 0 Å². The predicted molar refractivity (Wildman–Crippen MR) is 76.9 cm³/mol. The molecule has 0 aliphatic rings. The minimum absolute atomic E-state index is 0.00424. The maximum Gasteiger partial charge on any atom is 0.422 e. The molecule has 0 saturated carbocycles. The van der Waals surface area contributed by atoms with Crippen LogP contribution >= 0.6 is 11.6 Å². The van der Waals surface area contributed by atoms with Crippen molar-refractivity contribution in [1.29, 1.82) is 0 Å². The van der Waals surface area contributed by atoms with Crippen LogP contribution in [0.2, 0.25) is 0 Å². The fourth-order valence-corrected chi connectivity index (χ4v) is 1.80. The standard InChI is InChI=1S/C14H22ClF3O5/c1-4-12(2,10(20)23-9-14(16,17)18)5-6-13(3,15)11(21)22-8-7-19/h19H,4-9H2,1-3H3. The van der Waals surface area contributed by atoms with Gasteiger partial charge in [-0.15, -0.1) is 11.6 Å². The molecule has 0 rings (SSSR count). The largest absolute Gasteiger partial charge is 0.462 e. The van der Waals surface area contributed by atoms with Gasteiger partial charge in [-0.1, -0.05) is 6.92 Å². The van der Waals surface area contributed by atoms with Crippen LogP contribution in [0.25, 0.3) is 0 Å². The van der Waals surface area contributed by atoms with Gasteiger partial charge < -0.3 is 14.6 Å². The first-order valence-corrected chi connectivity index (χ1v) is 7.47. The van der Waals surface area contributed by atoms with E-state index in [1.165, 1.54) is 13.8 Å². The minimum atomic E-state index is -4.60. The summed E-state index contributed by atoms with van der Waals surface area (Å²) in [6.07, 6.45) is -4.32. The number of halogens is 4. The van der Waals surface area contributed by atoms with Crippen molar-refractivity contribution in [2.75, 3.05) is 19.8 Å². The molecule has 0 spiro atoms. The van der Waals surface area contributed by atoms with Crippen LogP contribution in [0.3, 0.4) is 0 Å². The van der Waals surface area contributed by atoms with Gasteiger partial charge in [0.2, 0.25) is 0 Å². The molecule has 0 aliphatic heterocycles. The highest BCUT2D eigenvalue weighted by molar-refractivity contribution is 6.33. The van der Waals surface area contributed by atoms with Gasteiger partial charge in [0.25, 0.3) is 0 Å². The summed E-state index contributed by atoms with van der Waals surface area (Å²) in [6, 6.07) is 0. The van der Waals surface area contributed by atoms with E-state index < -0.39 is 35.0 Å². The number of aliphatic hydroxyl groups excluding tert-OH is 1. The van der Waals surface area contributed by atoms with Crippen LogP contribution in [-0.2, 0) is 19.1 Å². The first-order valence-electron chi connectivity index (χ1n) is 7.09. The molecule has 9 heteroatoms. The first-order chi connectivity index (χ1) is 10.4. The van der Waals surface area contributed by atoms with E-state index in [9.17, 15) is 22.8 Å². The molecule has 0 amide bonds. The molecule has 136 valence electrons. The van der Waals surface area contributed by atoms with E-state index in [0.717, 1.165) is 0 Å². The van der Waals surface area contributed by atoms with Gasteiger partial charge in [-0.3, -0.25) is 9.59 Å². The lowest BCUT2D eigenvalue weighted by atomic mass is 9.80. The summed E-state index contributed by atoms with van der Waals surface area (Å²) in [7, 11) is 0. The Morgan fingerprint density at radius 1 is 1.09 bits per heavy atom. The van der Waals surface area contributed by atoms with Gasteiger partial charge >= 0.3 is 18.1 Å². The SMILES string of the molecule is CCC(C)(CCC(C)(Cl)C(=O)OCCO)C(=O)OCC(F)(F)F. The summed E-state index contributed by atoms with van der Waals surface area (Å²) in [5.74, 6) is -1.76. The van der Waals surface area contributed by atoms with Gasteiger partial charge in [-0.2, -0.15) is 13.2 Å². The number of aliphatic hydroxyl groups is 1. The second-order valence-electron chi connectivity index (χ2n) is 5.66. The Balaban J connectivity index is 4.72. The molecule has 0 fully saturated rings. The molecule has 23 heavy (non-hydrogen) atoms. The van der Waals surface area contributed by atoms with E-state index in [2.05, 4.69) is 4.74 Å². The summed E-state index contributed by atoms with van der Waals surface area (Å²) in [4.78, 5) is 22.2. The molecular weight excluding hydrogens is 341 g/mol. The smallest absolute Gasteiger partial charge is 0.422 e. The predicted octanol–water partition coefficient (Wildman–Crippen LogP) is 2.82. The second-order valence-corrected chi connectivity index (χ2v) is 6.50. The van der Waals surface area contributed by atoms with Crippen LogP contribution in [0.4, 0.5) is 13.2 Å². The van der Waals surface area contributed by atoms with E-state index in [1.54, 1.807) is 6.92 Å². The third kappa shape index (κ3) is 7.87. The van der Waals surface area contributed by atoms with Crippen LogP contribution < -0.4 is 0 Å². The fraction of sp³-hybridized carbons (Fsp3) is 0.857. The zero-order valence-corrected chi connectivity index (χ0v) is 14.1. The summed E-state index contributed by atoms with van der Waals surface area (Å²) in [6.45, 7) is 2.25. The molecule has 0 bridgehead atoms. The molecule has 5 nitrogen and oxygen atoms in total. The number of alkyl halides is 4. The molecule has 0 aromatic carbocycles. The number of carbonyl (C=O) groups is 2. The highest BCUT2D eigenvalue weighted by Crippen LogP contribution is 2.35. The quantitative estimate of drug-likeness (QED) is 0.504. The molecule has 0 radical (unpaired) electrons. The summed E-state index contributed by atoms with van der Waals surface area (Å²) in [5.41, 5.74) is -1.20. The van der Waals surface area contributed by atoms with Gasteiger partial charge in [0.15, 0.2) is 6.61 Å². The zero-order chi connectivity index (χ0) is 18.3. The van der Waals surface area contributed by atoms with Crippen molar-refractivity contribution in [2.24, 2.45) is 5.41 Å². The minimum Gasteiger partial charge on any atom is -0.462 e. The van der Waals surface area contributed by atoms with E-state index in [0.29, 0.717) is 0 Å². The van der Waals surface area contributed by atoms with Crippen LogP contribution in [0.5, 0.6) is 0 Å². The monoisotopic (exact) mass is 362 g/mol. The molecule has 0 aromatic rings. The van der Waals surface area contributed by atoms with E-state index in [-0.39, 0.29) is 32.5 Å². The molecule has 0 heterocycles. The highest BCUT2D eigenvalue weighted by atomic mass is 35.5. The van der Waals surface area contributed by atoms with Gasteiger partial charge in [0, 0.05) is 0 Å². The summed E-state index contributed by atoms with van der Waals surface area (Å²) < 4.78 is 45.4. The van der Waals surface area contributed by atoms with Crippen molar-refractivity contribution >= 4 is 23.5 Å². The van der Waals surface area contributed by atoms with Crippen molar-refractivity contribution in [1.82, 2.24) is 0 Å². The zero-order valence-electron chi connectivity index (χ0n) is 13.3. The average Bonchev–Trinajstić information content (AvgIpc) is 2.46. The average molecular weight is 363 g/mol. The van der Waals surface area contributed by atoms with Gasteiger partial charge in [0.05, 0.1) is 12.0 Å². The fourth-order valence-electron chi connectivity index (χ4n) is 1.65. The Kier molecular flexibility index (Phi) is 8.34. The van der Waals surface area contributed by atoms with Crippen LogP contribution in [0.1, 0.15) is 40.0 Å². The second kappa shape index (κ2) is 8.73. The molecule has 0 aliphatic carbocycles. The lowest BCUT2D eigenvalue weighted by Crippen LogP contribution is -2.37. The molecule has 2 atom stereocenters. The van der Waals surface area contributed by atoms with Gasteiger partial charge in [0.1, 0.15) is 11.5 Å². The van der Waals surface area contributed by atoms with Gasteiger partial charge in [-0.05, 0) is 33.1 Å². The highest BCUT2D eigenvalue weighted by Gasteiger charge is 2.40. The van der Waals surface area contributed by atoms with Crippen LogP contribution in [-0.4, -0.2) is 47.9 Å². The van der Waals surface area contributed by atoms with E-state index in [1.807, 2.05) is 0 Å². The Labute approximate surface area is 138 Å². The molecular formula is C14H22ClF3O5. The number of ether oxygens (including phenoxy) is 2. The van der Waals surface area contributed by atoms with Gasteiger partial charge in [-0.25, -0.2) is 0 Å². The molecule has 1 N–H and O–H groups in total. The molecule has 0 aromatic heterocycles. The summed E-state index contributed by atoms with van der Waals surface area (Å²) in [5, 5.41) is 8.60. The lowest BCUT2D eigenvalue weighted by molar-refractivity contribution is -0.193. The number of hydrogen-bond donors (Lipinski definition) is 1. The van der Waals surface area contributed by atoms with Crippen molar-refractivity contribution in [3.8, 4) is 0 Å². The Hall–Kier alpha value is -1.02. The lowest BCUT2D eigenvalue weighted by Gasteiger charge is -2.29. The first kappa shape index (κ1) is 22.0. The number of esters is 2. The summed E-state index contributed by atoms with van der Waals surface area (Å²) >= 11 is 6.05. The van der Waals surface area contributed by atoms with E-state index in [4.69, 9.17) is 21.4 Å². The van der Waals surface area contributed by atoms with E-state index >= 15 is 0 Å².